The van der Waals surface area contributed by atoms with Gasteiger partial charge in [0.1, 0.15) is 5.82 Å². The number of pyridine rings is 1. The Balaban J connectivity index is 2.67. The Kier molecular flexibility index (Phi) is 5.17. The second-order valence-electron chi connectivity index (χ2n) is 5.09. The van der Waals surface area contributed by atoms with E-state index in [9.17, 15) is 4.39 Å². The lowest BCUT2D eigenvalue weighted by Crippen LogP contribution is -2.10. The number of fused-ring (bicyclic) bond motifs is 1. The molecule has 3 nitrogen and oxygen atoms in total. The Morgan fingerprint density at radius 2 is 2.23 bits per heavy atom. The van der Waals surface area contributed by atoms with E-state index in [1.807, 2.05) is 31.2 Å². The van der Waals surface area contributed by atoms with E-state index in [0.29, 0.717) is 16.6 Å². The molecular formula is C18H20FN3. The predicted molar refractivity (Wildman–Crippen MR) is 91.3 cm³/mol. The Morgan fingerprint density at radius 1 is 1.45 bits per heavy atom. The number of benzene rings is 1. The van der Waals surface area contributed by atoms with E-state index < -0.39 is 0 Å². The summed E-state index contributed by atoms with van der Waals surface area (Å²) in [6.07, 6.45) is 6.74. The van der Waals surface area contributed by atoms with E-state index in [1.165, 1.54) is 12.1 Å². The van der Waals surface area contributed by atoms with Crippen LogP contribution in [0.1, 0.15) is 37.6 Å². The van der Waals surface area contributed by atoms with Gasteiger partial charge in [-0.05, 0) is 50.4 Å². The van der Waals surface area contributed by atoms with Gasteiger partial charge in [0, 0.05) is 17.0 Å². The van der Waals surface area contributed by atoms with Gasteiger partial charge in [-0.3, -0.25) is 9.98 Å². The third kappa shape index (κ3) is 3.46. The van der Waals surface area contributed by atoms with Crippen LogP contribution in [-0.2, 0) is 0 Å². The summed E-state index contributed by atoms with van der Waals surface area (Å²) in [6.45, 7) is 7.54. The summed E-state index contributed by atoms with van der Waals surface area (Å²) in [5, 5.41) is 0.716. The van der Waals surface area contributed by atoms with E-state index in [1.54, 1.807) is 6.07 Å². The molecule has 2 N–H and O–H groups in total. The van der Waals surface area contributed by atoms with Crippen molar-refractivity contribution in [3.05, 3.63) is 59.6 Å². The Hall–Kier alpha value is -2.33. The molecule has 0 fully saturated rings. The van der Waals surface area contributed by atoms with Gasteiger partial charge in [0.25, 0.3) is 0 Å². The highest BCUT2D eigenvalue weighted by Gasteiger charge is 2.14. The molecule has 0 saturated carbocycles. The molecule has 2 aromatic rings. The van der Waals surface area contributed by atoms with E-state index in [4.69, 9.17) is 5.73 Å². The van der Waals surface area contributed by atoms with Gasteiger partial charge in [0.05, 0.1) is 16.9 Å². The summed E-state index contributed by atoms with van der Waals surface area (Å²) in [7, 11) is 0. The van der Waals surface area contributed by atoms with Crippen molar-refractivity contribution in [1.82, 2.24) is 4.98 Å². The molecule has 1 heterocycles. The fourth-order valence-corrected chi connectivity index (χ4v) is 2.24. The van der Waals surface area contributed by atoms with Crippen LogP contribution < -0.4 is 5.73 Å². The first-order valence-electron chi connectivity index (χ1n) is 7.26. The van der Waals surface area contributed by atoms with Crippen LogP contribution in [0.2, 0.25) is 0 Å². The quantitative estimate of drug-likeness (QED) is 0.657. The summed E-state index contributed by atoms with van der Waals surface area (Å²) < 4.78 is 13.4. The second kappa shape index (κ2) is 7.09. The Bertz CT molecular complexity index is 745. The van der Waals surface area contributed by atoms with Gasteiger partial charge in [0.15, 0.2) is 0 Å². The molecule has 1 atom stereocenters. The SMILES string of the molecule is C=N/C(=C\C=C/CC)c1cc2cc(F)ccc2nc1C(C)N. The average molecular weight is 297 g/mol. The van der Waals surface area contributed by atoms with Crippen molar-refractivity contribution in [2.45, 2.75) is 26.3 Å². The summed E-state index contributed by atoms with van der Waals surface area (Å²) in [5.41, 5.74) is 8.93. The van der Waals surface area contributed by atoms with Crippen molar-refractivity contribution in [2.24, 2.45) is 10.7 Å². The molecule has 1 aromatic heterocycles. The topological polar surface area (TPSA) is 51.3 Å². The minimum atomic E-state index is -0.295. The lowest BCUT2D eigenvalue weighted by Gasteiger charge is -2.13. The fourth-order valence-electron chi connectivity index (χ4n) is 2.24. The third-order valence-electron chi connectivity index (χ3n) is 3.31. The summed E-state index contributed by atoms with van der Waals surface area (Å²) in [6, 6.07) is 6.11. The van der Waals surface area contributed by atoms with Crippen LogP contribution in [0.5, 0.6) is 0 Å². The van der Waals surface area contributed by atoms with Crippen molar-refractivity contribution >= 4 is 23.3 Å². The average Bonchev–Trinajstić information content (AvgIpc) is 2.50. The Morgan fingerprint density at radius 3 is 2.86 bits per heavy atom. The van der Waals surface area contributed by atoms with Crippen LogP contribution in [0, 0.1) is 5.82 Å². The van der Waals surface area contributed by atoms with Crippen molar-refractivity contribution in [3.63, 3.8) is 0 Å². The van der Waals surface area contributed by atoms with Gasteiger partial charge in [0.2, 0.25) is 0 Å². The van der Waals surface area contributed by atoms with E-state index in [0.717, 1.165) is 17.7 Å². The molecule has 0 aliphatic rings. The first kappa shape index (κ1) is 16.0. The van der Waals surface area contributed by atoms with Crippen molar-refractivity contribution in [1.29, 1.82) is 0 Å². The number of aliphatic imine (C=N–C) groups is 1. The molecule has 4 heteroatoms. The normalized spacial score (nSPS) is 13.7. The molecule has 0 aliphatic carbocycles. The number of halogens is 1. The number of nitrogens with zero attached hydrogens (tertiary/aromatic N) is 2. The predicted octanol–water partition coefficient (Wildman–Crippen LogP) is 4.40. The van der Waals surface area contributed by atoms with Crippen molar-refractivity contribution < 1.29 is 4.39 Å². The van der Waals surface area contributed by atoms with Gasteiger partial charge in [-0.15, -0.1) is 0 Å². The highest BCUT2D eigenvalue weighted by molar-refractivity contribution is 5.84. The number of hydrogen-bond acceptors (Lipinski definition) is 3. The smallest absolute Gasteiger partial charge is 0.123 e. The molecule has 0 bridgehead atoms. The highest BCUT2D eigenvalue weighted by atomic mass is 19.1. The van der Waals surface area contributed by atoms with Crippen LogP contribution in [0.3, 0.4) is 0 Å². The standard InChI is InChI=1S/C18H20FN3/c1-4-5-6-7-17(21-3)15-11-13-10-14(19)8-9-16(13)22-18(15)12(2)20/h5-12H,3-4,20H2,1-2H3/b6-5-,17-7-. The van der Waals surface area contributed by atoms with Crippen LogP contribution in [0.25, 0.3) is 16.6 Å². The van der Waals surface area contributed by atoms with E-state index in [-0.39, 0.29) is 11.9 Å². The second-order valence-corrected chi connectivity index (χ2v) is 5.09. The van der Waals surface area contributed by atoms with Gasteiger partial charge in [-0.25, -0.2) is 4.39 Å². The first-order valence-corrected chi connectivity index (χ1v) is 7.26. The minimum Gasteiger partial charge on any atom is -0.323 e. The molecule has 114 valence electrons. The molecule has 0 radical (unpaired) electrons. The van der Waals surface area contributed by atoms with Gasteiger partial charge < -0.3 is 5.73 Å². The van der Waals surface area contributed by atoms with Crippen molar-refractivity contribution in [2.75, 3.05) is 0 Å². The number of rotatable bonds is 5. The molecule has 0 spiro atoms. The van der Waals surface area contributed by atoms with Crippen LogP contribution in [0.4, 0.5) is 4.39 Å². The molecule has 1 aromatic carbocycles. The summed E-state index contributed by atoms with van der Waals surface area (Å²) in [5.74, 6) is -0.295. The molecule has 0 amide bonds. The lowest BCUT2D eigenvalue weighted by atomic mass is 10.0. The zero-order chi connectivity index (χ0) is 16.1. The molecule has 1 unspecified atom stereocenters. The third-order valence-corrected chi connectivity index (χ3v) is 3.31. The van der Waals surface area contributed by atoms with Gasteiger partial charge in [-0.1, -0.05) is 19.1 Å². The molecular weight excluding hydrogens is 277 g/mol. The molecule has 0 saturated heterocycles. The maximum atomic E-state index is 13.4. The number of aromatic nitrogens is 1. The maximum Gasteiger partial charge on any atom is 0.123 e. The lowest BCUT2D eigenvalue weighted by molar-refractivity contribution is 0.629. The Labute approximate surface area is 130 Å². The zero-order valence-corrected chi connectivity index (χ0v) is 12.9. The van der Waals surface area contributed by atoms with E-state index >= 15 is 0 Å². The fraction of sp³-hybridized carbons (Fsp3) is 0.222. The number of nitrogens with two attached hydrogens (primary N) is 1. The van der Waals surface area contributed by atoms with Crippen LogP contribution in [-0.4, -0.2) is 11.7 Å². The monoisotopic (exact) mass is 297 g/mol. The molecule has 0 aliphatic heterocycles. The van der Waals surface area contributed by atoms with E-state index in [2.05, 4.69) is 23.6 Å². The van der Waals surface area contributed by atoms with Gasteiger partial charge >= 0.3 is 0 Å². The van der Waals surface area contributed by atoms with Gasteiger partial charge in [-0.2, -0.15) is 0 Å². The van der Waals surface area contributed by atoms with Crippen LogP contribution >= 0.6 is 0 Å². The molecule has 2 rings (SSSR count). The summed E-state index contributed by atoms with van der Waals surface area (Å²) >= 11 is 0. The maximum absolute atomic E-state index is 13.4. The van der Waals surface area contributed by atoms with Crippen molar-refractivity contribution in [3.8, 4) is 0 Å². The molecule has 22 heavy (non-hydrogen) atoms. The largest absolute Gasteiger partial charge is 0.323 e. The van der Waals surface area contributed by atoms with Crippen LogP contribution in [0.15, 0.2) is 47.5 Å². The summed E-state index contributed by atoms with van der Waals surface area (Å²) in [4.78, 5) is 8.64. The number of hydrogen-bond donors (Lipinski definition) is 1. The number of allylic oxidation sites excluding steroid dienone is 3. The zero-order valence-electron chi connectivity index (χ0n) is 12.9. The minimum absolute atomic E-state index is 0.259. The first-order chi connectivity index (χ1) is 10.6. The highest BCUT2D eigenvalue weighted by Crippen LogP contribution is 2.27.